The molecule has 7 heteroatoms. The van der Waals surface area contributed by atoms with Crippen LogP contribution in [-0.2, 0) is 11.6 Å². The van der Waals surface area contributed by atoms with E-state index >= 15 is 0 Å². The Kier molecular flexibility index (Phi) is 6.80. The summed E-state index contributed by atoms with van der Waals surface area (Å²) in [5.74, 6) is 0.553. The molecule has 0 bridgehead atoms. The molecule has 2 aromatic carbocycles. The number of carbonyl (C=O) groups excluding carboxylic acids is 1. The normalized spacial score (nSPS) is 19.4. The number of carbonyl (C=O) groups is 1. The Morgan fingerprint density at radius 2 is 1.90 bits per heavy atom. The molecule has 3 nitrogen and oxygen atoms in total. The number of nitrogens with zero attached hydrogens (tertiary/aromatic N) is 1. The lowest BCUT2D eigenvalue weighted by molar-refractivity contribution is -0.137. The van der Waals surface area contributed by atoms with Crippen molar-refractivity contribution in [3.8, 4) is 5.75 Å². The Morgan fingerprint density at radius 1 is 1.20 bits per heavy atom. The number of hydrogen-bond donors (Lipinski definition) is 0. The number of hydrogen-bond acceptors (Lipinski definition) is 2. The first-order chi connectivity index (χ1) is 14.1. The highest BCUT2D eigenvalue weighted by Gasteiger charge is 2.41. The number of benzene rings is 2. The van der Waals surface area contributed by atoms with Crippen LogP contribution in [0.3, 0.4) is 0 Å². The summed E-state index contributed by atoms with van der Waals surface area (Å²) in [7, 11) is 0. The second kappa shape index (κ2) is 9.00. The van der Waals surface area contributed by atoms with Crippen molar-refractivity contribution < 1.29 is 22.7 Å². The molecule has 0 aromatic heterocycles. The smallest absolute Gasteiger partial charge is 0.416 e. The van der Waals surface area contributed by atoms with Crippen LogP contribution in [-0.4, -0.2) is 35.3 Å². The van der Waals surface area contributed by atoms with Crippen LogP contribution in [0, 0.1) is 0 Å². The molecule has 1 aliphatic heterocycles. The van der Waals surface area contributed by atoms with E-state index in [9.17, 15) is 18.0 Å². The summed E-state index contributed by atoms with van der Waals surface area (Å²) >= 11 is 3.47. The van der Waals surface area contributed by atoms with Crippen LogP contribution in [0.4, 0.5) is 13.2 Å². The number of rotatable bonds is 6. The topological polar surface area (TPSA) is 29.5 Å². The van der Waals surface area contributed by atoms with Gasteiger partial charge < -0.3 is 9.64 Å². The molecule has 1 heterocycles. The molecular formula is C23H25BrF3NO2. The van der Waals surface area contributed by atoms with Gasteiger partial charge in [-0.15, -0.1) is 0 Å². The van der Waals surface area contributed by atoms with Gasteiger partial charge in [0.2, 0.25) is 0 Å². The van der Waals surface area contributed by atoms with Crippen LogP contribution in [0.5, 0.6) is 5.75 Å². The highest BCUT2D eigenvalue weighted by molar-refractivity contribution is 9.09. The summed E-state index contributed by atoms with van der Waals surface area (Å²) in [5.41, 5.74) is 0.362. The maximum Gasteiger partial charge on any atom is 0.416 e. The van der Waals surface area contributed by atoms with Crippen LogP contribution >= 0.6 is 15.9 Å². The molecule has 0 saturated carbocycles. The van der Waals surface area contributed by atoms with E-state index in [0.717, 1.165) is 24.1 Å². The van der Waals surface area contributed by atoms with Crippen LogP contribution < -0.4 is 4.74 Å². The van der Waals surface area contributed by atoms with Gasteiger partial charge >= 0.3 is 6.18 Å². The van der Waals surface area contributed by atoms with Gasteiger partial charge in [0.25, 0.3) is 5.91 Å². The fourth-order valence-corrected chi connectivity index (χ4v) is 4.74. The fourth-order valence-electron chi connectivity index (χ4n) is 3.98. The van der Waals surface area contributed by atoms with Gasteiger partial charge in [-0.2, -0.15) is 13.2 Å². The largest absolute Gasteiger partial charge is 0.491 e. The Balaban J connectivity index is 1.81. The first-order valence-corrected chi connectivity index (χ1v) is 11.1. The maximum absolute atomic E-state index is 13.1. The summed E-state index contributed by atoms with van der Waals surface area (Å²) in [4.78, 5) is 14.9. The van der Waals surface area contributed by atoms with Gasteiger partial charge in [0, 0.05) is 29.4 Å². The first-order valence-electron chi connectivity index (χ1n) is 9.94. The Labute approximate surface area is 183 Å². The van der Waals surface area contributed by atoms with Gasteiger partial charge in [-0.05, 0) is 62.6 Å². The summed E-state index contributed by atoms with van der Waals surface area (Å²) < 4.78 is 44.5. The van der Waals surface area contributed by atoms with Crippen molar-refractivity contribution in [3.63, 3.8) is 0 Å². The third-order valence-electron chi connectivity index (χ3n) is 5.49. The Bertz CT molecular complexity index is 883. The quantitative estimate of drug-likeness (QED) is 0.467. The second-order valence-electron chi connectivity index (χ2n) is 7.97. The molecule has 30 heavy (non-hydrogen) atoms. The van der Waals surface area contributed by atoms with Crippen molar-refractivity contribution in [2.75, 3.05) is 18.4 Å². The zero-order chi connectivity index (χ0) is 21.9. The molecule has 0 aliphatic carbocycles. The average Bonchev–Trinajstić information content (AvgIpc) is 3.12. The number of amides is 1. The minimum absolute atomic E-state index is 0.00777. The van der Waals surface area contributed by atoms with Crippen molar-refractivity contribution >= 4 is 21.8 Å². The zero-order valence-electron chi connectivity index (χ0n) is 17.0. The molecule has 0 N–H and O–H groups in total. The lowest BCUT2D eigenvalue weighted by Gasteiger charge is -2.30. The molecule has 0 spiro atoms. The van der Waals surface area contributed by atoms with E-state index in [4.69, 9.17) is 4.74 Å². The van der Waals surface area contributed by atoms with E-state index in [1.54, 1.807) is 35.2 Å². The number of likely N-dealkylation sites (tertiary alicyclic amines) is 1. The average molecular weight is 484 g/mol. The molecule has 1 unspecified atom stereocenters. The number of alkyl halides is 4. The molecule has 2 aromatic rings. The molecule has 3 rings (SSSR count). The van der Waals surface area contributed by atoms with Crippen LogP contribution in [0.15, 0.2) is 48.5 Å². The molecular weight excluding hydrogens is 459 g/mol. The first kappa shape index (κ1) is 22.7. The summed E-state index contributed by atoms with van der Waals surface area (Å²) in [6, 6.07) is 12.5. The Hall–Kier alpha value is -2.02. The SMILES string of the molecule is CC(C)Oc1cccc(C(=O)N2CCC(CCBr)(c3ccc(C(F)(F)F)cc3)C2)c1. The standard InChI is InChI=1S/C23H25BrF3NO2/c1-16(2)30-20-5-3-4-17(14-20)21(29)28-13-11-22(15-28,10-12-24)18-6-8-19(9-7-18)23(25,26)27/h3-9,14,16H,10-13,15H2,1-2H3. The van der Waals surface area contributed by atoms with E-state index in [0.29, 0.717) is 36.2 Å². The van der Waals surface area contributed by atoms with Crippen molar-refractivity contribution in [3.05, 3.63) is 65.2 Å². The van der Waals surface area contributed by atoms with Gasteiger partial charge in [-0.25, -0.2) is 0 Å². The number of ether oxygens (including phenoxy) is 1. The fraction of sp³-hybridized carbons (Fsp3) is 0.435. The van der Waals surface area contributed by atoms with Crippen LogP contribution in [0.1, 0.15) is 48.2 Å². The molecule has 1 fully saturated rings. The zero-order valence-corrected chi connectivity index (χ0v) is 18.6. The minimum atomic E-state index is -4.36. The van der Waals surface area contributed by atoms with Crippen LogP contribution in [0.25, 0.3) is 0 Å². The van der Waals surface area contributed by atoms with Crippen molar-refractivity contribution in [2.24, 2.45) is 0 Å². The lowest BCUT2D eigenvalue weighted by atomic mass is 9.77. The molecule has 1 saturated heterocycles. The molecule has 1 atom stereocenters. The molecule has 162 valence electrons. The van der Waals surface area contributed by atoms with E-state index in [1.165, 1.54) is 0 Å². The third-order valence-corrected chi connectivity index (χ3v) is 5.89. The van der Waals surface area contributed by atoms with Gasteiger partial charge in [0.1, 0.15) is 5.75 Å². The third kappa shape index (κ3) is 4.99. The second-order valence-corrected chi connectivity index (χ2v) is 8.76. The van der Waals surface area contributed by atoms with Gasteiger partial charge in [-0.1, -0.05) is 34.1 Å². The summed E-state index contributed by atoms with van der Waals surface area (Å²) in [6.45, 7) is 4.88. The predicted molar refractivity (Wildman–Crippen MR) is 114 cm³/mol. The van der Waals surface area contributed by atoms with Crippen LogP contribution in [0.2, 0.25) is 0 Å². The highest BCUT2D eigenvalue weighted by Crippen LogP contribution is 2.40. The molecule has 0 radical (unpaired) electrons. The van der Waals surface area contributed by atoms with E-state index < -0.39 is 11.7 Å². The number of halogens is 4. The van der Waals surface area contributed by atoms with E-state index in [-0.39, 0.29) is 17.4 Å². The van der Waals surface area contributed by atoms with Gasteiger partial charge in [0.05, 0.1) is 11.7 Å². The van der Waals surface area contributed by atoms with Gasteiger partial charge in [0.15, 0.2) is 0 Å². The maximum atomic E-state index is 13.1. The van der Waals surface area contributed by atoms with E-state index in [2.05, 4.69) is 15.9 Å². The summed E-state index contributed by atoms with van der Waals surface area (Å²) in [5, 5.41) is 0.702. The monoisotopic (exact) mass is 483 g/mol. The molecule has 1 aliphatic rings. The predicted octanol–water partition coefficient (Wildman–Crippen LogP) is 6.06. The van der Waals surface area contributed by atoms with Crippen molar-refractivity contribution in [2.45, 2.75) is 44.4 Å². The molecule has 1 amide bonds. The van der Waals surface area contributed by atoms with E-state index in [1.807, 2.05) is 19.9 Å². The lowest BCUT2D eigenvalue weighted by Crippen LogP contribution is -2.35. The highest BCUT2D eigenvalue weighted by atomic mass is 79.9. The van der Waals surface area contributed by atoms with Crippen molar-refractivity contribution in [1.82, 2.24) is 4.90 Å². The minimum Gasteiger partial charge on any atom is -0.491 e. The van der Waals surface area contributed by atoms with Gasteiger partial charge in [-0.3, -0.25) is 4.79 Å². The Morgan fingerprint density at radius 3 is 2.50 bits per heavy atom. The van der Waals surface area contributed by atoms with Crippen molar-refractivity contribution in [1.29, 1.82) is 0 Å². The summed E-state index contributed by atoms with van der Waals surface area (Å²) in [6.07, 6.45) is -2.91.